The highest BCUT2D eigenvalue weighted by Crippen LogP contribution is 2.14. The van der Waals surface area contributed by atoms with E-state index in [1.807, 2.05) is 26.8 Å². The lowest BCUT2D eigenvalue weighted by molar-refractivity contribution is 0.280. The second-order valence-corrected chi connectivity index (χ2v) is 2.92. The number of ether oxygens (including phenoxy) is 1. The fraction of sp³-hybridized carbons (Fsp3) is 0.556. The quantitative estimate of drug-likeness (QED) is 0.471. The largest absolute Gasteiger partial charge is 0.501 e. The minimum absolute atomic E-state index is 0.767. The van der Waals surface area contributed by atoms with Gasteiger partial charge in [0, 0.05) is 11.5 Å². The molecule has 0 rings (SSSR count). The summed E-state index contributed by atoms with van der Waals surface area (Å²) in [5, 5.41) is 0.767. The van der Waals surface area contributed by atoms with Crippen molar-refractivity contribution < 1.29 is 4.74 Å². The summed E-state index contributed by atoms with van der Waals surface area (Å²) >= 11 is 5.89. The number of methoxy groups -OCH3 is 1. The minimum Gasteiger partial charge on any atom is -0.501 e. The van der Waals surface area contributed by atoms with Gasteiger partial charge in [0.25, 0.3) is 0 Å². The van der Waals surface area contributed by atoms with Crippen LogP contribution in [0.1, 0.15) is 27.2 Å². The molecule has 0 aromatic rings. The molecule has 0 saturated heterocycles. The maximum atomic E-state index is 5.89. The smallest absolute Gasteiger partial charge is 0.0967 e. The zero-order valence-electron chi connectivity index (χ0n) is 7.57. The van der Waals surface area contributed by atoms with Gasteiger partial charge >= 0.3 is 0 Å². The topological polar surface area (TPSA) is 9.23 Å². The second kappa shape index (κ2) is 5.25. The standard InChI is InChI=1S/C9H15ClO/c1-5-8(11-4)6-9(10)7(2)3/h6H,5H2,1-4H3/b8-6+. The third-order valence-electron chi connectivity index (χ3n) is 1.38. The molecule has 0 aromatic carbocycles. The van der Waals surface area contributed by atoms with Gasteiger partial charge in [0.15, 0.2) is 0 Å². The molecule has 64 valence electrons. The molecule has 0 radical (unpaired) electrons. The highest BCUT2D eigenvalue weighted by Gasteiger charge is 1.94. The Labute approximate surface area is 73.7 Å². The molecule has 0 aromatic heterocycles. The molecule has 0 bridgehead atoms. The summed E-state index contributed by atoms with van der Waals surface area (Å²) in [5.41, 5.74) is 1.11. The summed E-state index contributed by atoms with van der Waals surface area (Å²) in [5.74, 6) is 0.913. The first-order valence-corrected chi connectivity index (χ1v) is 4.07. The minimum atomic E-state index is 0.767. The van der Waals surface area contributed by atoms with Gasteiger partial charge in [-0.1, -0.05) is 24.1 Å². The zero-order chi connectivity index (χ0) is 8.85. The maximum Gasteiger partial charge on any atom is 0.0967 e. The van der Waals surface area contributed by atoms with Crippen molar-refractivity contribution in [2.75, 3.05) is 7.11 Å². The number of allylic oxidation sites excluding steroid dienone is 4. The molecule has 0 N–H and O–H groups in total. The average Bonchev–Trinajstić information content (AvgIpc) is 1.99. The van der Waals surface area contributed by atoms with E-state index in [9.17, 15) is 0 Å². The normalized spacial score (nSPS) is 11.2. The van der Waals surface area contributed by atoms with E-state index in [1.54, 1.807) is 7.11 Å². The summed E-state index contributed by atoms with van der Waals surface area (Å²) in [4.78, 5) is 0. The number of hydrogen-bond donors (Lipinski definition) is 0. The Balaban J connectivity index is 4.39. The average molecular weight is 175 g/mol. The second-order valence-electron chi connectivity index (χ2n) is 2.52. The van der Waals surface area contributed by atoms with Crippen molar-refractivity contribution in [2.45, 2.75) is 27.2 Å². The van der Waals surface area contributed by atoms with E-state index in [0.717, 1.165) is 22.8 Å². The van der Waals surface area contributed by atoms with Gasteiger partial charge in [-0.2, -0.15) is 0 Å². The lowest BCUT2D eigenvalue weighted by atomic mass is 10.2. The van der Waals surface area contributed by atoms with Crippen LogP contribution in [0.4, 0.5) is 0 Å². The van der Waals surface area contributed by atoms with Crippen LogP contribution in [0.5, 0.6) is 0 Å². The molecule has 0 amide bonds. The summed E-state index contributed by atoms with van der Waals surface area (Å²) in [7, 11) is 1.66. The van der Waals surface area contributed by atoms with Gasteiger partial charge in [-0.3, -0.25) is 0 Å². The van der Waals surface area contributed by atoms with Crippen LogP contribution in [-0.2, 0) is 4.74 Å². The SMILES string of the molecule is CC/C(=C\C(Cl)=C(C)C)OC. The Hall–Kier alpha value is -0.430. The molecule has 0 atom stereocenters. The Morgan fingerprint density at radius 1 is 1.45 bits per heavy atom. The van der Waals surface area contributed by atoms with Crippen LogP contribution in [0.3, 0.4) is 0 Å². The van der Waals surface area contributed by atoms with Crippen molar-refractivity contribution in [3.05, 3.63) is 22.4 Å². The van der Waals surface area contributed by atoms with Crippen molar-refractivity contribution in [3.8, 4) is 0 Å². The van der Waals surface area contributed by atoms with Gasteiger partial charge < -0.3 is 4.74 Å². The Morgan fingerprint density at radius 3 is 2.27 bits per heavy atom. The van der Waals surface area contributed by atoms with Gasteiger partial charge in [-0.15, -0.1) is 0 Å². The van der Waals surface area contributed by atoms with Crippen LogP contribution in [0.15, 0.2) is 22.4 Å². The van der Waals surface area contributed by atoms with Crippen LogP contribution in [0.2, 0.25) is 0 Å². The van der Waals surface area contributed by atoms with E-state index < -0.39 is 0 Å². The van der Waals surface area contributed by atoms with Crippen molar-refractivity contribution in [1.82, 2.24) is 0 Å². The summed E-state index contributed by atoms with van der Waals surface area (Å²) in [6.07, 6.45) is 2.73. The predicted molar refractivity (Wildman–Crippen MR) is 49.6 cm³/mol. The van der Waals surface area contributed by atoms with Crippen molar-refractivity contribution in [2.24, 2.45) is 0 Å². The predicted octanol–water partition coefficient (Wildman–Crippen LogP) is 3.46. The number of hydrogen-bond acceptors (Lipinski definition) is 1. The van der Waals surface area contributed by atoms with E-state index in [0.29, 0.717) is 0 Å². The first-order chi connectivity index (χ1) is 5.11. The van der Waals surface area contributed by atoms with E-state index in [4.69, 9.17) is 16.3 Å². The van der Waals surface area contributed by atoms with Crippen LogP contribution < -0.4 is 0 Å². The summed E-state index contributed by atoms with van der Waals surface area (Å²) in [6.45, 7) is 5.98. The fourth-order valence-corrected chi connectivity index (χ4v) is 0.713. The first-order valence-electron chi connectivity index (χ1n) is 3.69. The molecule has 1 nitrogen and oxygen atoms in total. The van der Waals surface area contributed by atoms with E-state index in [2.05, 4.69) is 0 Å². The first kappa shape index (κ1) is 10.6. The molecule has 0 spiro atoms. The van der Waals surface area contributed by atoms with Crippen LogP contribution in [0.25, 0.3) is 0 Å². The van der Waals surface area contributed by atoms with Gasteiger partial charge in [0.05, 0.1) is 12.9 Å². The molecule has 0 aliphatic heterocycles. The molecule has 11 heavy (non-hydrogen) atoms. The van der Waals surface area contributed by atoms with E-state index >= 15 is 0 Å². The van der Waals surface area contributed by atoms with Crippen LogP contribution >= 0.6 is 11.6 Å². The molecule has 0 unspecified atom stereocenters. The fourth-order valence-electron chi connectivity index (χ4n) is 0.591. The lowest BCUT2D eigenvalue weighted by Gasteiger charge is -2.02. The molecule has 2 heteroatoms. The maximum absolute atomic E-state index is 5.89. The zero-order valence-corrected chi connectivity index (χ0v) is 8.33. The molecule has 0 heterocycles. The molecule has 0 saturated carbocycles. The summed E-state index contributed by atoms with van der Waals surface area (Å²) in [6, 6.07) is 0. The summed E-state index contributed by atoms with van der Waals surface area (Å²) < 4.78 is 5.06. The Kier molecular flexibility index (Phi) is 5.05. The lowest BCUT2D eigenvalue weighted by Crippen LogP contribution is -1.84. The van der Waals surface area contributed by atoms with Gasteiger partial charge in [0.1, 0.15) is 0 Å². The Morgan fingerprint density at radius 2 is 2.00 bits per heavy atom. The molecule has 0 fully saturated rings. The third kappa shape index (κ3) is 4.10. The monoisotopic (exact) mass is 174 g/mol. The molecule has 0 aliphatic rings. The van der Waals surface area contributed by atoms with E-state index in [1.165, 1.54) is 0 Å². The third-order valence-corrected chi connectivity index (χ3v) is 1.86. The van der Waals surface area contributed by atoms with E-state index in [-0.39, 0.29) is 0 Å². The van der Waals surface area contributed by atoms with Gasteiger partial charge in [-0.05, 0) is 19.9 Å². The molecular formula is C9H15ClO. The number of halogens is 1. The van der Waals surface area contributed by atoms with Crippen LogP contribution in [0, 0.1) is 0 Å². The molecular weight excluding hydrogens is 160 g/mol. The Bertz CT molecular complexity index is 170. The highest BCUT2D eigenvalue weighted by molar-refractivity contribution is 6.31. The number of rotatable bonds is 3. The van der Waals surface area contributed by atoms with Crippen molar-refractivity contribution in [1.29, 1.82) is 0 Å². The van der Waals surface area contributed by atoms with Crippen molar-refractivity contribution >= 4 is 11.6 Å². The van der Waals surface area contributed by atoms with Gasteiger partial charge in [0.2, 0.25) is 0 Å². The van der Waals surface area contributed by atoms with Crippen LogP contribution in [-0.4, -0.2) is 7.11 Å². The highest BCUT2D eigenvalue weighted by atomic mass is 35.5. The molecule has 0 aliphatic carbocycles. The van der Waals surface area contributed by atoms with Crippen molar-refractivity contribution in [3.63, 3.8) is 0 Å². The van der Waals surface area contributed by atoms with Gasteiger partial charge in [-0.25, -0.2) is 0 Å².